The Kier molecular flexibility index (Phi) is 5.79. The largest absolute Gasteiger partial charge is 0.469 e. The first-order chi connectivity index (χ1) is 18.6. The second-order valence-corrected chi connectivity index (χ2v) is 9.60. The van der Waals surface area contributed by atoms with Gasteiger partial charge in [-0.3, -0.25) is 4.79 Å². The lowest BCUT2D eigenvalue weighted by atomic mass is 9.79. The van der Waals surface area contributed by atoms with Gasteiger partial charge in [-0.2, -0.15) is 17.9 Å². The maximum Gasteiger partial charge on any atom is 0.453 e. The first kappa shape index (κ1) is 25.2. The van der Waals surface area contributed by atoms with Crippen LogP contribution in [0, 0.1) is 18.7 Å². The average Bonchev–Trinajstić information content (AvgIpc) is 3.69. The molecule has 1 saturated carbocycles. The van der Waals surface area contributed by atoms with Gasteiger partial charge in [0, 0.05) is 24.5 Å². The van der Waals surface area contributed by atoms with Gasteiger partial charge in [-0.1, -0.05) is 12.1 Å². The number of rotatable bonds is 4. The number of ether oxygens (including phenoxy) is 2. The van der Waals surface area contributed by atoms with Gasteiger partial charge < -0.3 is 13.9 Å². The molecular weight excluding hydrogens is 522 g/mol. The summed E-state index contributed by atoms with van der Waals surface area (Å²) in [5, 5.41) is 9.89. The molecule has 0 saturated heterocycles. The van der Waals surface area contributed by atoms with Gasteiger partial charge in [0.15, 0.2) is 11.5 Å². The van der Waals surface area contributed by atoms with Gasteiger partial charge in [0.1, 0.15) is 11.3 Å². The van der Waals surface area contributed by atoms with Crippen molar-refractivity contribution in [2.45, 2.75) is 37.5 Å². The Morgan fingerprint density at radius 2 is 1.97 bits per heavy atom. The van der Waals surface area contributed by atoms with Crippen molar-refractivity contribution in [3.05, 3.63) is 71.1 Å². The number of esters is 1. The van der Waals surface area contributed by atoms with Crippen molar-refractivity contribution in [3.63, 3.8) is 0 Å². The van der Waals surface area contributed by atoms with Gasteiger partial charge in [-0.15, -0.1) is 5.10 Å². The number of oxazole rings is 1. The second kappa shape index (κ2) is 8.97. The Balaban J connectivity index is 1.49. The topological polar surface area (TPSA) is 105 Å². The minimum atomic E-state index is -4.79. The molecule has 1 aliphatic heterocycles. The van der Waals surface area contributed by atoms with E-state index in [2.05, 4.69) is 20.5 Å². The summed E-state index contributed by atoms with van der Waals surface area (Å²) in [5.74, 6) is -2.79. The maximum atomic E-state index is 13.7. The van der Waals surface area contributed by atoms with Crippen LogP contribution in [0.15, 0.2) is 46.9 Å². The normalized spacial score (nSPS) is 23.1. The summed E-state index contributed by atoms with van der Waals surface area (Å²) in [6.07, 6.45) is -1.96. The molecule has 6 rings (SSSR count). The molecule has 39 heavy (non-hydrogen) atoms. The van der Waals surface area contributed by atoms with Crippen LogP contribution in [-0.2, 0) is 20.4 Å². The van der Waals surface area contributed by atoms with Crippen LogP contribution in [0.3, 0.4) is 0 Å². The number of aryl methyl sites for hydroxylation is 1. The van der Waals surface area contributed by atoms with E-state index in [0.29, 0.717) is 45.6 Å². The zero-order chi connectivity index (χ0) is 27.5. The van der Waals surface area contributed by atoms with Crippen molar-refractivity contribution in [1.29, 1.82) is 0 Å². The van der Waals surface area contributed by atoms with Crippen LogP contribution in [0.2, 0.25) is 0 Å². The Hall–Kier alpha value is -4.13. The van der Waals surface area contributed by atoms with Crippen LogP contribution in [0.1, 0.15) is 41.6 Å². The number of carbonyl (C=O) groups excluding carboxylic acids is 1. The first-order valence-electron chi connectivity index (χ1n) is 12.1. The number of halogens is 4. The van der Waals surface area contributed by atoms with Gasteiger partial charge in [0.05, 0.1) is 30.9 Å². The number of hydrogen-bond acceptors (Lipinski definition) is 8. The molecule has 3 unspecified atom stereocenters. The highest BCUT2D eigenvalue weighted by Crippen LogP contribution is 2.54. The molecule has 1 aliphatic carbocycles. The highest BCUT2D eigenvalue weighted by atomic mass is 19.4. The minimum Gasteiger partial charge on any atom is -0.469 e. The van der Waals surface area contributed by atoms with Crippen LogP contribution < -0.4 is 0 Å². The first-order valence-corrected chi connectivity index (χ1v) is 12.1. The van der Waals surface area contributed by atoms with E-state index >= 15 is 0 Å². The Morgan fingerprint density at radius 1 is 1.21 bits per heavy atom. The van der Waals surface area contributed by atoms with Gasteiger partial charge in [-0.25, -0.2) is 9.37 Å². The van der Waals surface area contributed by atoms with Crippen molar-refractivity contribution < 1.29 is 36.2 Å². The van der Waals surface area contributed by atoms with Gasteiger partial charge in [-0.05, 0) is 58.7 Å². The van der Waals surface area contributed by atoms with Crippen molar-refractivity contribution in [1.82, 2.24) is 25.2 Å². The molecule has 2 aliphatic rings. The number of alkyl halides is 3. The van der Waals surface area contributed by atoms with Gasteiger partial charge >= 0.3 is 12.1 Å². The molecule has 3 atom stereocenters. The summed E-state index contributed by atoms with van der Waals surface area (Å²) in [5.41, 5.74) is 1.63. The molecule has 0 N–H and O–H groups in total. The van der Waals surface area contributed by atoms with E-state index < -0.39 is 41.2 Å². The second-order valence-electron chi connectivity index (χ2n) is 9.60. The quantitative estimate of drug-likeness (QED) is 0.267. The molecule has 1 fully saturated rings. The van der Waals surface area contributed by atoms with E-state index in [4.69, 9.17) is 13.9 Å². The number of fused-ring (bicyclic) bond motifs is 1. The molecule has 0 amide bonds. The van der Waals surface area contributed by atoms with E-state index in [0.717, 1.165) is 0 Å². The molecule has 202 valence electrons. The standard InChI is InChI=1S/C26H21F4N5O4/c1-13-31-22-19(9-17(10-20(22)39-13)35-24(26(28,29)30)32-33-34-35)15-11-25(38-12-15)8-7-18(23(36)37-2)21(25)14-3-5-16(27)6-4-14/h3-6,9-11,18,21H,7-8,12H2,1-2H3. The highest BCUT2D eigenvalue weighted by molar-refractivity contribution is 5.91. The monoisotopic (exact) mass is 543 g/mol. The zero-order valence-electron chi connectivity index (χ0n) is 20.7. The van der Waals surface area contributed by atoms with Crippen molar-refractivity contribution >= 4 is 22.6 Å². The van der Waals surface area contributed by atoms with Gasteiger partial charge in [0.2, 0.25) is 0 Å². The fourth-order valence-corrected chi connectivity index (χ4v) is 5.73. The third-order valence-corrected chi connectivity index (χ3v) is 7.32. The molecule has 2 aromatic carbocycles. The van der Waals surface area contributed by atoms with E-state index in [1.807, 2.05) is 6.08 Å². The van der Waals surface area contributed by atoms with E-state index in [9.17, 15) is 22.4 Å². The molecule has 0 radical (unpaired) electrons. The summed E-state index contributed by atoms with van der Waals surface area (Å²) < 4.78 is 72.1. The molecule has 4 aromatic rings. The third-order valence-electron chi connectivity index (χ3n) is 7.32. The number of hydrogen-bond donors (Lipinski definition) is 0. The zero-order valence-corrected chi connectivity index (χ0v) is 20.7. The summed E-state index contributed by atoms with van der Waals surface area (Å²) in [6.45, 7) is 1.73. The molecule has 0 bridgehead atoms. The summed E-state index contributed by atoms with van der Waals surface area (Å²) in [6, 6.07) is 8.78. The molecular formula is C26H21F4N5O4. The number of methoxy groups -OCH3 is 1. The van der Waals surface area contributed by atoms with Crippen molar-refractivity contribution in [3.8, 4) is 5.69 Å². The Bertz CT molecular complexity index is 1610. The molecule has 9 nitrogen and oxygen atoms in total. The predicted molar refractivity (Wildman–Crippen MR) is 127 cm³/mol. The number of nitrogens with zero attached hydrogens (tertiary/aromatic N) is 5. The summed E-state index contributed by atoms with van der Waals surface area (Å²) >= 11 is 0. The SMILES string of the molecule is COC(=O)C1CCC2(C=C(c3cc(-n4nnnc4C(F)(F)F)cc4oc(C)nc34)CO2)C1c1ccc(F)cc1. The summed E-state index contributed by atoms with van der Waals surface area (Å²) in [4.78, 5) is 17.2. The van der Waals surface area contributed by atoms with Gasteiger partial charge in [0.25, 0.3) is 5.82 Å². The van der Waals surface area contributed by atoms with E-state index in [1.165, 1.54) is 31.4 Å². The highest BCUT2D eigenvalue weighted by Gasteiger charge is 2.54. The van der Waals surface area contributed by atoms with Crippen LogP contribution >= 0.6 is 0 Å². The molecule has 3 heterocycles. The smallest absolute Gasteiger partial charge is 0.453 e. The van der Waals surface area contributed by atoms with Crippen molar-refractivity contribution in [2.75, 3.05) is 13.7 Å². The lowest BCUT2D eigenvalue weighted by Crippen LogP contribution is -2.34. The maximum absolute atomic E-state index is 13.7. The third kappa shape index (κ3) is 4.17. The lowest BCUT2D eigenvalue weighted by Gasteiger charge is -2.31. The number of benzene rings is 2. The number of aromatic nitrogens is 5. The fraction of sp³-hybridized carbons (Fsp3) is 0.346. The minimum absolute atomic E-state index is 0.0294. The predicted octanol–water partition coefficient (Wildman–Crippen LogP) is 4.79. The Labute approximate surface area is 218 Å². The fourth-order valence-electron chi connectivity index (χ4n) is 5.73. The molecule has 1 spiro atoms. The van der Waals surface area contributed by atoms with Crippen LogP contribution in [0.4, 0.5) is 17.6 Å². The summed E-state index contributed by atoms with van der Waals surface area (Å²) in [7, 11) is 1.31. The van der Waals surface area contributed by atoms with E-state index in [1.54, 1.807) is 19.1 Å². The van der Waals surface area contributed by atoms with Crippen molar-refractivity contribution in [2.24, 2.45) is 5.92 Å². The van der Waals surface area contributed by atoms with Crippen LogP contribution in [0.25, 0.3) is 22.4 Å². The molecule has 13 heteroatoms. The van der Waals surface area contributed by atoms with Crippen LogP contribution in [-0.4, -0.2) is 50.5 Å². The molecule has 2 aromatic heterocycles. The van der Waals surface area contributed by atoms with E-state index in [-0.39, 0.29) is 17.9 Å². The Morgan fingerprint density at radius 3 is 2.69 bits per heavy atom. The average molecular weight is 543 g/mol. The number of tetrazole rings is 1. The number of carbonyl (C=O) groups is 1. The van der Waals surface area contributed by atoms with Crippen LogP contribution in [0.5, 0.6) is 0 Å². The lowest BCUT2D eigenvalue weighted by molar-refractivity contribution is -0.147.